The average Bonchev–Trinajstić information content (AvgIpc) is 3.30. The van der Waals surface area contributed by atoms with E-state index in [0.717, 1.165) is 16.5 Å². The zero-order valence-electron chi connectivity index (χ0n) is 16.7. The highest BCUT2D eigenvalue weighted by Crippen LogP contribution is 2.39. The van der Waals surface area contributed by atoms with Crippen molar-refractivity contribution in [1.82, 2.24) is 14.5 Å². The molecule has 4 atom stereocenters. The second-order valence-corrected chi connectivity index (χ2v) is 7.58. The lowest BCUT2D eigenvalue weighted by atomic mass is 10.1. The molecule has 7 nitrogen and oxygen atoms in total. The van der Waals surface area contributed by atoms with Crippen LogP contribution in [0, 0.1) is 5.82 Å². The molecule has 2 aromatic carbocycles. The first-order valence-electron chi connectivity index (χ1n) is 9.98. The lowest BCUT2D eigenvalue weighted by Crippen LogP contribution is -2.30. The van der Waals surface area contributed by atoms with Crippen molar-refractivity contribution in [2.75, 3.05) is 5.32 Å². The number of benzene rings is 2. The fourth-order valence-corrected chi connectivity index (χ4v) is 3.94. The number of fused-ring (bicyclic) bond motifs is 1. The smallest absolute Gasteiger partial charge is 0.164 e. The molecule has 0 unspecified atom stereocenters. The van der Waals surface area contributed by atoms with E-state index in [0.29, 0.717) is 17.2 Å². The van der Waals surface area contributed by atoms with Crippen molar-refractivity contribution in [3.05, 3.63) is 72.9 Å². The van der Waals surface area contributed by atoms with Gasteiger partial charge in [0.2, 0.25) is 0 Å². The molecule has 3 N–H and O–H groups in total. The van der Waals surface area contributed by atoms with Gasteiger partial charge in [-0.05, 0) is 36.8 Å². The Bertz CT molecular complexity index is 1210. The maximum Gasteiger partial charge on any atom is 0.164 e. The maximum absolute atomic E-state index is 13.3. The molecule has 3 heterocycles. The number of rotatable bonds is 4. The fraction of sp³-hybridized carbons (Fsp3) is 0.217. The van der Waals surface area contributed by atoms with Crippen molar-refractivity contribution < 1.29 is 19.3 Å². The summed E-state index contributed by atoms with van der Waals surface area (Å²) in [5.41, 5.74) is 2.99. The van der Waals surface area contributed by atoms with Crippen LogP contribution >= 0.6 is 0 Å². The van der Waals surface area contributed by atoms with E-state index in [1.807, 2.05) is 36.5 Å². The molecule has 1 saturated heterocycles. The van der Waals surface area contributed by atoms with Gasteiger partial charge >= 0.3 is 0 Å². The number of anilines is 2. The second kappa shape index (κ2) is 7.73. The van der Waals surface area contributed by atoms with E-state index in [4.69, 9.17) is 4.74 Å². The molecule has 1 fully saturated rings. The third-order valence-electron chi connectivity index (χ3n) is 5.55. The average molecular weight is 420 g/mol. The molecule has 0 radical (unpaired) electrons. The van der Waals surface area contributed by atoms with Crippen molar-refractivity contribution in [2.24, 2.45) is 0 Å². The summed E-state index contributed by atoms with van der Waals surface area (Å²) in [4.78, 5) is 8.87. The number of halogens is 1. The number of hydrogen-bond acceptors (Lipinski definition) is 6. The predicted molar refractivity (Wildman–Crippen MR) is 114 cm³/mol. The summed E-state index contributed by atoms with van der Waals surface area (Å²) < 4.78 is 20.9. The molecule has 31 heavy (non-hydrogen) atoms. The molecule has 1 aliphatic heterocycles. The highest BCUT2D eigenvalue weighted by Gasteiger charge is 2.42. The zero-order valence-corrected chi connectivity index (χ0v) is 16.7. The van der Waals surface area contributed by atoms with Crippen LogP contribution in [-0.4, -0.2) is 43.1 Å². The summed E-state index contributed by atoms with van der Waals surface area (Å²) >= 11 is 0. The van der Waals surface area contributed by atoms with Crippen LogP contribution in [0.3, 0.4) is 0 Å². The van der Waals surface area contributed by atoms with E-state index in [1.165, 1.54) is 18.5 Å². The lowest BCUT2D eigenvalue weighted by Gasteiger charge is -2.17. The molecule has 2 aromatic heterocycles. The Balaban J connectivity index is 1.69. The number of aliphatic hydroxyl groups excluding tert-OH is 2. The minimum Gasteiger partial charge on any atom is -0.388 e. The van der Waals surface area contributed by atoms with E-state index in [9.17, 15) is 14.6 Å². The molecule has 4 aromatic rings. The molecule has 0 saturated carbocycles. The molecular formula is C23H21FN4O3. The van der Waals surface area contributed by atoms with E-state index >= 15 is 0 Å². The number of nitrogens with zero attached hydrogens (tertiary/aromatic N) is 3. The van der Waals surface area contributed by atoms with Gasteiger partial charge < -0.3 is 24.8 Å². The Labute approximate surface area is 177 Å². The first-order chi connectivity index (χ1) is 15.0. The van der Waals surface area contributed by atoms with E-state index in [-0.39, 0.29) is 5.82 Å². The normalized spacial score (nSPS) is 23.4. The fourth-order valence-electron chi connectivity index (χ4n) is 3.94. The van der Waals surface area contributed by atoms with Crippen molar-refractivity contribution in [3.8, 4) is 11.1 Å². The van der Waals surface area contributed by atoms with Gasteiger partial charge in [-0.15, -0.1) is 0 Å². The number of aliphatic hydroxyl groups is 2. The minimum absolute atomic E-state index is 0.324. The van der Waals surface area contributed by atoms with Gasteiger partial charge in [-0.1, -0.05) is 30.3 Å². The standard InChI is InChI=1S/C23H21FN4O3/c1-13-19(29)20(30)23(31-13)28-11-17(14-5-3-2-4-6-14)18-21(25-12-26-22(18)28)27-16-9-7-15(24)8-10-16/h2-13,19-20,23,29-30H,1H3,(H,25,26,27)/t13-,19+,20+,23-/m1/s1. The molecule has 0 aliphatic carbocycles. The van der Waals surface area contributed by atoms with Gasteiger partial charge in [-0.3, -0.25) is 0 Å². The first-order valence-corrected chi connectivity index (χ1v) is 9.98. The van der Waals surface area contributed by atoms with E-state index in [2.05, 4.69) is 15.3 Å². The molecule has 0 spiro atoms. The first kappa shape index (κ1) is 19.6. The molecule has 0 amide bonds. The molecule has 5 rings (SSSR count). The zero-order chi connectivity index (χ0) is 21.5. The summed E-state index contributed by atoms with van der Waals surface area (Å²) in [6.45, 7) is 1.72. The van der Waals surface area contributed by atoms with Gasteiger partial charge in [0, 0.05) is 17.4 Å². The van der Waals surface area contributed by atoms with Gasteiger partial charge in [-0.25, -0.2) is 14.4 Å². The third-order valence-corrected chi connectivity index (χ3v) is 5.55. The highest BCUT2D eigenvalue weighted by molar-refractivity contribution is 6.02. The van der Waals surface area contributed by atoms with Gasteiger partial charge in [0.05, 0.1) is 11.5 Å². The summed E-state index contributed by atoms with van der Waals surface area (Å²) in [5, 5.41) is 24.7. The van der Waals surface area contributed by atoms with Gasteiger partial charge in [0.1, 0.15) is 35.8 Å². The molecule has 1 aliphatic rings. The SMILES string of the molecule is C[C@H]1O[C@@H](n2cc(-c3ccccc3)c3c(Nc4ccc(F)cc4)ncnc32)[C@@H](O)[C@H]1O. The lowest BCUT2D eigenvalue weighted by molar-refractivity contribution is -0.0295. The van der Waals surface area contributed by atoms with Gasteiger partial charge in [0.25, 0.3) is 0 Å². The molecule has 0 bridgehead atoms. The van der Waals surface area contributed by atoms with Gasteiger partial charge in [0.15, 0.2) is 6.23 Å². The topological polar surface area (TPSA) is 92.4 Å². The second-order valence-electron chi connectivity index (χ2n) is 7.58. The Hall–Kier alpha value is -3.33. The number of ether oxygens (including phenoxy) is 1. The number of nitrogens with one attached hydrogen (secondary N) is 1. The summed E-state index contributed by atoms with van der Waals surface area (Å²) in [6.07, 6.45) is -0.141. The van der Waals surface area contributed by atoms with Crippen LogP contribution in [0.25, 0.3) is 22.2 Å². The summed E-state index contributed by atoms with van der Waals surface area (Å²) in [6, 6.07) is 15.7. The monoisotopic (exact) mass is 420 g/mol. The van der Waals surface area contributed by atoms with Crippen LogP contribution in [0.5, 0.6) is 0 Å². The number of hydrogen-bond donors (Lipinski definition) is 3. The van der Waals surface area contributed by atoms with Crippen molar-refractivity contribution in [1.29, 1.82) is 0 Å². The predicted octanol–water partition coefficient (Wildman–Crippen LogP) is 3.62. The molecular weight excluding hydrogens is 399 g/mol. The van der Waals surface area contributed by atoms with Crippen LogP contribution in [0.4, 0.5) is 15.9 Å². The Kier molecular flexibility index (Phi) is 4.90. The minimum atomic E-state index is -1.10. The molecule has 158 valence electrons. The number of aromatic nitrogens is 3. The van der Waals surface area contributed by atoms with Crippen molar-refractivity contribution in [3.63, 3.8) is 0 Å². The highest BCUT2D eigenvalue weighted by atomic mass is 19.1. The van der Waals surface area contributed by atoms with E-state index < -0.39 is 24.5 Å². The largest absolute Gasteiger partial charge is 0.388 e. The van der Waals surface area contributed by atoms with E-state index in [1.54, 1.807) is 23.6 Å². The van der Waals surface area contributed by atoms with Crippen LogP contribution in [0.15, 0.2) is 67.1 Å². The molecule has 8 heteroatoms. The summed E-state index contributed by atoms with van der Waals surface area (Å²) in [7, 11) is 0. The quantitative estimate of drug-likeness (QED) is 0.467. The Morgan fingerprint density at radius 2 is 1.74 bits per heavy atom. The Morgan fingerprint density at radius 3 is 2.42 bits per heavy atom. The van der Waals surface area contributed by atoms with Crippen LogP contribution in [0.2, 0.25) is 0 Å². The van der Waals surface area contributed by atoms with Crippen LogP contribution in [0.1, 0.15) is 13.2 Å². The Morgan fingerprint density at radius 1 is 1.00 bits per heavy atom. The maximum atomic E-state index is 13.3. The third kappa shape index (κ3) is 3.44. The summed E-state index contributed by atoms with van der Waals surface area (Å²) in [5.74, 6) is 0.213. The van der Waals surface area contributed by atoms with Crippen LogP contribution in [-0.2, 0) is 4.74 Å². The van der Waals surface area contributed by atoms with Crippen molar-refractivity contribution >= 4 is 22.5 Å². The van der Waals surface area contributed by atoms with Crippen LogP contribution < -0.4 is 5.32 Å². The van der Waals surface area contributed by atoms with Crippen molar-refractivity contribution in [2.45, 2.75) is 31.5 Å². The van der Waals surface area contributed by atoms with Gasteiger partial charge in [-0.2, -0.15) is 0 Å².